The second kappa shape index (κ2) is 6.59. The van der Waals surface area contributed by atoms with E-state index < -0.39 is 5.97 Å². The molecule has 0 amide bonds. The largest absolute Gasteiger partial charge is 0.422 e. The van der Waals surface area contributed by atoms with Crippen molar-refractivity contribution in [3.05, 3.63) is 90.0 Å². The molecule has 0 spiro atoms. The lowest BCUT2D eigenvalue weighted by molar-refractivity contribution is 0.0735. The number of hydrogen-bond donors (Lipinski definition) is 0. The van der Waals surface area contributed by atoms with E-state index in [1.807, 2.05) is 36.4 Å². The normalized spacial score (nSPS) is 9.87. The zero-order valence-corrected chi connectivity index (χ0v) is 12.3. The number of esters is 1. The molecule has 0 saturated heterocycles. The average Bonchev–Trinajstić information content (AvgIpc) is 2.63. The number of carbonyl (C=O) groups excluding carboxylic acids is 1. The van der Waals surface area contributed by atoms with E-state index in [2.05, 4.69) is 6.07 Å². The smallest absolute Gasteiger partial charge is 0.343 e. The van der Waals surface area contributed by atoms with Crippen molar-refractivity contribution in [2.24, 2.45) is 0 Å². The summed E-state index contributed by atoms with van der Waals surface area (Å²) in [5, 5.41) is 9.08. The third kappa shape index (κ3) is 3.28. The van der Waals surface area contributed by atoms with Crippen LogP contribution in [0.3, 0.4) is 0 Å². The molecule has 0 aliphatic carbocycles. The van der Waals surface area contributed by atoms with Gasteiger partial charge in [-0.25, -0.2) is 4.79 Å². The molecule has 0 saturated carbocycles. The van der Waals surface area contributed by atoms with Gasteiger partial charge < -0.3 is 4.74 Å². The van der Waals surface area contributed by atoms with Crippen molar-refractivity contribution in [2.75, 3.05) is 0 Å². The van der Waals surface area contributed by atoms with Gasteiger partial charge in [-0.3, -0.25) is 0 Å². The van der Waals surface area contributed by atoms with Gasteiger partial charge in [-0.1, -0.05) is 48.5 Å². The summed E-state index contributed by atoms with van der Waals surface area (Å²) in [7, 11) is 0. The van der Waals surface area contributed by atoms with E-state index in [1.54, 1.807) is 42.5 Å². The molecule has 0 heterocycles. The second-order valence-corrected chi connectivity index (χ2v) is 4.94. The fourth-order valence-electron chi connectivity index (χ4n) is 2.27. The summed E-state index contributed by atoms with van der Waals surface area (Å²) in [6.07, 6.45) is 0. The molecule has 0 aromatic heterocycles. The molecule has 0 fully saturated rings. The molecule has 0 N–H and O–H groups in total. The molecule has 3 rings (SSSR count). The zero-order valence-electron chi connectivity index (χ0n) is 12.3. The van der Waals surface area contributed by atoms with Gasteiger partial charge in [0, 0.05) is 5.56 Å². The van der Waals surface area contributed by atoms with Gasteiger partial charge in [0.1, 0.15) is 5.75 Å². The second-order valence-electron chi connectivity index (χ2n) is 4.94. The third-order valence-corrected chi connectivity index (χ3v) is 3.41. The van der Waals surface area contributed by atoms with Crippen LogP contribution in [0.15, 0.2) is 78.9 Å². The van der Waals surface area contributed by atoms with Gasteiger partial charge in [-0.2, -0.15) is 5.26 Å². The number of hydrogen-bond acceptors (Lipinski definition) is 3. The highest BCUT2D eigenvalue weighted by atomic mass is 16.5. The lowest BCUT2D eigenvalue weighted by Gasteiger charge is -2.11. The predicted octanol–water partition coefficient (Wildman–Crippen LogP) is 4.44. The Morgan fingerprint density at radius 1 is 0.870 bits per heavy atom. The summed E-state index contributed by atoms with van der Waals surface area (Å²) in [4.78, 5) is 12.3. The van der Waals surface area contributed by atoms with E-state index in [4.69, 9.17) is 10.00 Å². The highest BCUT2D eigenvalue weighted by Gasteiger charge is 2.13. The first-order chi connectivity index (χ1) is 11.3. The van der Waals surface area contributed by atoms with Crippen LogP contribution in [0.5, 0.6) is 5.75 Å². The lowest BCUT2D eigenvalue weighted by Crippen LogP contribution is -2.09. The van der Waals surface area contributed by atoms with Crippen LogP contribution in [0.4, 0.5) is 0 Å². The van der Waals surface area contributed by atoms with E-state index in [1.165, 1.54) is 0 Å². The number of benzene rings is 3. The lowest BCUT2D eigenvalue weighted by atomic mass is 10.0. The van der Waals surface area contributed by atoms with Crippen LogP contribution >= 0.6 is 0 Å². The first-order valence-electron chi connectivity index (χ1n) is 7.15. The Labute approximate surface area is 134 Å². The predicted molar refractivity (Wildman–Crippen MR) is 88.0 cm³/mol. The Bertz CT molecular complexity index is 865. The van der Waals surface area contributed by atoms with Gasteiger partial charge in [0.05, 0.1) is 17.2 Å². The van der Waals surface area contributed by atoms with Crippen LogP contribution in [-0.2, 0) is 0 Å². The first-order valence-corrected chi connectivity index (χ1v) is 7.15. The van der Waals surface area contributed by atoms with Gasteiger partial charge in [0.2, 0.25) is 0 Å². The van der Waals surface area contributed by atoms with Crippen molar-refractivity contribution in [3.8, 4) is 22.9 Å². The summed E-state index contributed by atoms with van der Waals surface area (Å²) in [6.45, 7) is 0. The van der Waals surface area contributed by atoms with Crippen LogP contribution in [0, 0.1) is 11.3 Å². The van der Waals surface area contributed by atoms with Gasteiger partial charge >= 0.3 is 5.97 Å². The average molecular weight is 299 g/mol. The number of ether oxygens (including phenoxy) is 1. The van der Waals surface area contributed by atoms with E-state index >= 15 is 0 Å². The first kappa shape index (κ1) is 14.6. The van der Waals surface area contributed by atoms with Crippen molar-refractivity contribution < 1.29 is 9.53 Å². The minimum atomic E-state index is -0.446. The summed E-state index contributed by atoms with van der Waals surface area (Å²) in [5.74, 6) is -0.0676. The Balaban J connectivity index is 2.00. The fourth-order valence-corrected chi connectivity index (χ4v) is 2.27. The molecule has 3 aromatic rings. The molecule has 0 bridgehead atoms. The molecule has 0 unspecified atom stereocenters. The molecule has 3 nitrogen and oxygen atoms in total. The minimum absolute atomic E-state index is 0.379. The molecule has 0 radical (unpaired) electrons. The van der Waals surface area contributed by atoms with Crippen LogP contribution < -0.4 is 4.74 Å². The zero-order chi connectivity index (χ0) is 16.1. The van der Waals surface area contributed by atoms with Gasteiger partial charge in [0.25, 0.3) is 0 Å². The summed E-state index contributed by atoms with van der Waals surface area (Å²) >= 11 is 0. The Morgan fingerprint density at radius 3 is 2.17 bits per heavy atom. The molecule has 0 atom stereocenters. The van der Waals surface area contributed by atoms with Gasteiger partial charge in [-0.15, -0.1) is 0 Å². The maximum absolute atomic E-state index is 12.3. The molecular weight excluding hydrogens is 286 g/mol. The highest BCUT2D eigenvalue weighted by Crippen LogP contribution is 2.31. The molecule has 3 heteroatoms. The monoisotopic (exact) mass is 299 g/mol. The van der Waals surface area contributed by atoms with Crippen molar-refractivity contribution >= 4 is 5.97 Å². The maximum atomic E-state index is 12.3. The van der Waals surface area contributed by atoms with Gasteiger partial charge in [-0.05, 0) is 35.9 Å². The van der Waals surface area contributed by atoms with Crippen LogP contribution in [-0.4, -0.2) is 5.97 Å². The van der Waals surface area contributed by atoms with E-state index in [0.29, 0.717) is 16.9 Å². The highest BCUT2D eigenvalue weighted by molar-refractivity contribution is 5.92. The summed E-state index contributed by atoms with van der Waals surface area (Å²) < 4.78 is 5.54. The molecule has 3 aromatic carbocycles. The Kier molecular flexibility index (Phi) is 4.17. The van der Waals surface area contributed by atoms with E-state index in [-0.39, 0.29) is 0 Å². The van der Waals surface area contributed by atoms with Crippen molar-refractivity contribution in [3.63, 3.8) is 0 Å². The standard InChI is InChI=1S/C20H13NO2/c21-14-15-11-12-18(16-7-3-1-4-8-16)19(13-15)23-20(22)17-9-5-2-6-10-17/h1-13H. The number of carbonyl (C=O) groups is 1. The molecule has 23 heavy (non-hydrogen) atoms. The Morgan fingerprint density at radius 2 is 1.52 bits per heavy atom. The SMILES string of the molecule is N#Cc1ccc(-c2ccccc2)c(OC(=O)c2ccccc2)c1. The van der Waals surface area contributed by atoms with E-state index in [0.717, 1.165) is 11.1 Å². The third-order valence-electron chi connectivity index (χ3n) is 3.41. The topological polar surface area (TPSA) is 50.1 Å². The maximum Gasteiger partial charge on any atom is 0.343 e. The molecule has 110 valence electrons. The van der Waals surface area contributed by atoms with Crippen LogP contribution in [0.1, 0.15) is 15.9 Å². The summed E-state index contributed by atoms with van der Waals surface area (Å²) in [5.41, 5.74) is 2.61. The fraction of sp³-hybridized carbons (Fsp3) is 0. The van der Waals surface area contributed by atoms with Crippen molar-refractivity contribution in [1.82, 2.24) is 0 Å². The number of rotatable bonds is 3. The number of nitriles is 1. The van der Waals surface area contributed by atoms with Crippen molar-refractivity contribution in [1.29, 1.82) is 5.26 Å². The molecule has 0 aliphatic heterocycles. The summed E-state index contributed by atoms with van der Waals surface area (Å²) in [6, 6.07) is 25.5. The number of nitrogens with zero attached hydrogens (tertiary/aromatic N) is 1. The van der Waals surface area contributed by atoms with E-state index in [9.17, 15) is 4.79 Å². The molecule has 0 aliphatic rings. The Hall–Kier alpha value is -3.38. The van der Waals surface area contributed by atoms with Crippen LogP contribution in [0.25, 0.3) is 11.1 Å². The van der Waals surface area contributed by atoms with Gasteiger partial charge in [0.15, 0.2) is 0 Å². The van der Waals surface area contributed by atoms with Crippen molar-refractivity contribution in [2.45, 2.75) is 0 Å². The quantitative estimate of drug-likeness (QED) is 0.530. The van der Waals surface area contributed by atoms with Crippen LogP contribution in [0.2, 0.25) is 0 Å². The molecular formula is C20H13NO2. The minimum Gasteiger partial charge on any atom is -0.422 e.